The molecule has 0 aromatic heterocycles. The van der Waals surface area contributed by atoms with E-state index in [0.29, 0.717) is 5.56 Å². The lowest BCUT2D eigenvalue weighted by atomic mass is 10.1. The van der Waals surface area contributed by atoms with Crippen LogP contribution in [0.2, 0.25) is 0 Å². The van der Waals surface area contributed by atoms with E-state index in [2.05, 4.69) is 132 Å². The Balaban J connectivity index is 1.47. The highest BCUT2D eigenvalue weighted by atomic mass is 19.1. The van der Waals surface area contributed by atoms with Crippen molar-refractivity contribution in [1.29, 1.82) is 0 Å². The van der Waals surface area contributed by atoms with Gasteiger partial charge in [0, 0.05) is 33.8 Å². The van der Waals surface area contributed by atoms with Gasteiger partial charge < -0.3 is 9.80 Å². The van der Waals surface area contributed by atoms with Crippen LogP contribution < -0.4 is 9.80 Å². The van der Waals surface area contributed by atoms with E-state index in [-0.39, 0.29) is 0 Å². The van der Waals surface area contributed by atoms with Crippen LogP contribution in [0.25, 0.3) is 10.8 Å². The largest absolute Gasteiger partial charge is 0.310 e. The average molecular weight is 509 g/mol. The summed E-state index contributed by atoms with van der Waals surface area (Å²) in [6.07, 6.45) is 0. The van der Waals surface area contributed by atoms with Crippen LogP contribution in [0.1, 0.15) is 11.1 Å². The van der Waals surface area contributed by atoms with Gasteiger partial charge in [-0.1, -0.05) is 78.9 Å². The first-order chi connectivity index (χ1) is 19.2. The second-order valence-electron chi connectivity index (χ2n) is 9.66. The SMILES string of the molecule is Cc1cccc(N(c2ccccc2)c2ccc(N(c3ccc(CF)cc3)c3cccc4ccccc34)cc2)c1. The van der Waals surface area contributed by atoms with Crippen molar-refractivity contribution in [3.05, 3.63) is 157 Å². The van der Waals surface area contributed by atoms with E-state index >= 15 is 0 Å². The van der Waals surface area contributed by atoms with Crippen LogP contribution in [0.15, 0.2) is 146 Å². The fourth-order valence-electron chi connectivity index (χ4n) is 5.11. The van der Waals surface area contributed by atoms with Crippen LogP contribution in [0.4, 0.5) is 38.5 Å². The summed E-state index contributed by atoms with van der Waals surface area (Å²) in [6, 6.07) is 50.1. The molecule has 2 nitrogen and oxygen atoms in total. The number of alkyl halides is 1. The van der Waals surface area contributed by atoms with Crippen LogP contribution in [-0.2, 0) is 6.67 Å². The third-order valence-corrected chi connectivity index (χ3v) is 7.00. The molecule has 0 atom stereocenters. The van der Waals surface area contributed by atoms with Gasteiger partial charge in [-0.2, -0.15) is 0 Å². The lowest BCUT2D eigenvalue weighted by molar-refractivity contribution is 0.485. The van der Waals surface area contributed by atoms with Gasteiger partial charge in [0.25, 0.3) is 0 Å². The van der Waals surface area contributed by atoms with Crippen molar-refractivity contribution < 1.29 is 4.39 Å². The number of halogens is 1. The Bertz CT molecular complexity index is 1690. The number of nitrogens with zero attached hydrogens (tertiary/aromatic N) is 2. The lowest BCUT2D eigenvalue weighted by Gasteiger charge is -2.29. The Morgan fingerprint density at radius 1 is 0.487 bits per heavy atom. The second kappa shape index (κ2) is 10.8. The van der Waals surface area contributed by atoms with Gasteiger partial charge in [-0.05, 0) is 90.2 Å². The molecule has 39 heavy (non-hydrogen) atoms. The van der Waals surface area contributed by atoms with Gasteiger partial charge in [-0.15, -0.1) is 0 Å². The summed E-state index contributed by atoms with van der Waals surface area (Å²) in [7, 11) is 0. The molecule has 6 aromatic rings. The average Bonchev–Trinajstić information content (AvgIpc) is 2.99. The van der Waals surface area contributed by atoms with Crippen molar-refractivity contribution in [3.8, 4) is 0 Å². The maximum Gasteiger partial charge on any atom is 0.115 e. The molecule has 0 heterocycles. The summed E-state index contributed by atoms with van der Waals surface area (Å²) in [4.78, 5) is 4.52. The molecule has 0 saturated heterocycles. The molecular weight excluding hydrogens is 479 g/mol. The number of hydrogen-bond acceptors (Lipinski definition) is 2. The first kappa shape index (κ1) is 24.4. The standard InChI is InChI=1S/C36H29FN2/c1-27-9-7-14-34(25-27)38(30-12-3-2-4-13-30)31-21-23-33(24-22-31)39(32-19-17-28(26-37)18-20-32)36-16-8-11-29-10-5-6-15-35(29)36/h2-25H,26H2,1H3. The Morgan fingerprint density at radius 2 is 1.03 bits per heavy atom. The van der Waals surface area contributed by atoms with Gasteiger partial charge >= 0.3 is 0 Å². The minimum atomic E-state index is -0.475. The number of benzene rings is 6. The number of hydrogen-bond donors (Lipinski definition) is 0. The van der Waals surface area contributed by atoms with Crippen molar-refractivity contribution in [1.82, 2.24) is 0 Å². The van der Waals surface area contributed by atoms with E-state index < -0.39 is 6.67 Å². The number of fused-ring (bicyclic) bond motifs is 1. The van der Waals surface area contributed by atoms with Crippen molar-refractivity contribution in [2.24, 2.45) is 0 Å². The summed E-state index contributed by atoms with van der Waals surface area (Å²) in [5, 5.41) is 2.33. The molecule has 0 aliphatic carbocycles. The molecular formula is C36H29FN2. The Hall–Kier alpha value is -4.89. The van der Waals surface area contributed by atoms with E-state index in [1.807, 2.05) is 30.3 Å². The van der Waals surface area contributed by atoms with Gasteiger partial charge in [-0.3, -0.25) is 0 Å². The summed E-state index contributed by atoms with van der Waals surface area (Å²) >= 11 is 0. The summed E-state index contributed by atoms with van der Waals surface area (Å²) in [5.74, 6) is 0. The number of para-hydroxylation sites is 1. The smallest absolute Gasteiger partial charge is 0.115 e. The third-order valence-electron chi connectivity index (χ3n) is 7.00. The predicted molar refractivity (Wildman–Crippen MR) is 163 cm³/mol. The number of rotatable bonds is 7. The molecule has 0 amide bonds. The van der Waals surface area contributed by atoms with Gasteiger partial charge in [0.05, 0.1) is 5.69 Å². The molecule has 0 unspecified atom stereocenters. The van der Waals surface area contributed by atoms with Crippen LogP contribution in [0, 0.1) is 6.92 Å². The van der Waals surface area contributed by atoms with Crippen LogP contribution >= 0.6 is 0 Å². The van der Waals surface area contributed by atoms with Gasteiger partial charge in [0.2, 0.25) is 0 Å². The number of anilines is 6. The van der Waals surface area contributed by atoms with E-state index in [4.69, 9.17) is 0 Å². The first-order valence-electron chi connectivity index (χ1n) is 13.2. The highest BCUT2D eigenvalue weighted by Crippen LogP contribution is 2.41. The maximum absolute atomic E-state index is 13.3. The fourth-order valence-corrected chi connectivity index (χ4v) is 5.11. The van der Waals surface area contributed by atoms with Crippen LogP contribution in [0.5, 0.6) is 0 Å². The minimum absolute atomic E-state index is 0.475. The summed E-state index contributed by atoms with van der Waals surface area (Å²) in [6.45, 7) is 1.64. The molecule has 3 heteroatoms. The first-order valence-corrected chi connectivity index (χ1v) is 13.2. The summed E-state index contributed by atoms with van der Waals surface area (Å²) < 4.78 is 13.3. The van der Waals surface area contributed by atoms with Crippen LogP contribution in [0.3, 0.4) is 0 Å². The third kappa shape index (κ3) is 4.99. The molecule has 6 aromatic carbocycles. The molecule has 0 radical (unpaired) electrons. The van der Waals surface area contributed by atoms with Crippen LogP contribution in [-0.4, -0.2) is 0 Å². The molecule has 190 valence electrons. The molecule has 0 saturated carbocycles. The van der Waals surface area contributed by atoms with Gasteiger partial charge in [0.1, 0.15) is 6.67 Å². The van der Waals surface area contributed by atoms with E-state index in [9.17, 15) is 4.39 Å². The summed E-state index contributed by atoms with van der Waals surface area (Å²) in [5.41, 5.74) is 8.25. The highest BCUT2D eigenvalue weighted by molar-refractivity contribution is 5.99. The van der Waals surface area contributed by atoms with Gasteiger partial charge in [0.15, 0.2) is 0 Å². The Labute approximate surface area is 229 Å². The molecule has 0 fully saturated rings. The fraction of sp³-hybridized carbons (Fsp3) is 0.0556. The molecule has 0 aliphatic rings. The zero-order valence-electron chi connectivity index (χ0n) is 21.8. The van der Waals surface area contributed by atoms with Crippen molar-refractivity contribution in [3.63, 3.8) is 0 Å². The molecule has 0 N–H and O–H groups in total. The Morgan fingerprint density at radius 3 is 1.72 bits per heavy atom. The van der Waals surface area contributed by atoms with Crippen molar-refractivity contribution in [2.75, 3.05) is 9.80 Å². The van der Waals surface area contributed by atoms with E-state index in [1.165, 1.54) is 10.9 Å². The maximum atomic E-state index is 13.3. The lowest BCUT2D eigenvalue weighted by Crippen LogP contribution is -2.12. The Kier molecular flexibility index (Phi) is 6.80. The zero-order valence-corrected chi connectivity index (χ0v) is 21.8. The second-order valence-corrected chi connectivity index (χ2v) is 9.66. The normalized spacial score (nSPS) is 10.9. The van der Waals surface area contributed by atoms with Crippen molar-refractivity contribution >= 4 is 44.9 Å². The minimum Gasteiger partial charge on any atom is -0.310 e. The van der Waals surface area contributed by atoms with E-state index in [0.717, 1.165) is 39.5 Å². The monoisotopic (exact) mass is 508 g/mol. The van der Waals surface area contributed by atoms with Crippen molar-refractivity contribution in [2.45, 2.75) is 13.6 Å². The highest BCUT2D eigenvalue weighted by Gasteiger charge is 2.17. The van der Waals surface area contributed by atoms with Gasteiger partial charge in [-0.25, -0.2) is 4.39 Å². The molecule has 0 aliphatic heterocycles. The quantitative estimate of drug-likeness (QED) is 0.212. The molecule has 6 rings (SSSR count). The topological polar surface area (TPSA) is 6.48 Å². The molecule has 0 bridgehead atoms. The molecule has 0 spiro atoms. The zero-order chi connectivity index (χ0) is 26.6. The number of aryl methyl sites for hydroxylation is 1. The predicted octanol–water partition coefficient (Wildman–Crippen LogP) is 10.6. The van der Waals surface area contributed by atoms with E-state index in [1.54, 1.807) is 0 Å².